The van der Waals surface area contributed by atoms with E-state index in [9.17, 15) is 9.59 Å². The maximum Gasteiger partial charge on any atom is 0.407 e. The number of carboxylic acid groups (broad SMARTS) is 1. The van der Waals surface area contributed by atoms with Gasteiger partial charge in [-0.1, -0.05) is 0 Å². The summed E-state index contributed by atoms with van der Waals surface area (Å²) in [5.74, 6) is -1.22. The van der Waals surface area contributed by atoms with Gasteiger partial charge in [0.05, 0.1) is 0 Å². The fourth-order valence-electron chi connectivity index (χ4n) is 1.09. The van der Waals surface area contributed by atoms with Crippen molar-refractivity contribution in [3.05, 3.63) is 0 Å². The molecule has 0 aliphatic heterocycles. The Hall–Kier alpha value is -1.30. The van der Waals surface area contributed by atoms with Crippen molar-refractivity contribution < 1.29 is 24.5 Å². The Morgan fingerprint density at radius 1 is 1.29 bits per heavy atom. The molecule has 0 spiro atoms. The van der Waals surface area contributed by atoms with Crippen LogP contribution in [0.3, 0.4) is 0 Å². The number of carboxylic acids is 1. The van der Waals surface area contributed by atoms with Gasteiger partial charge in [0.25, 0.3) is 0 Å². The van der Waals surface area contributed by atoms with E-state index < -0.39 is 23.8 Å². The fraction of sp³-hybridized carbons (Fsp3) is 0.818. The third kappa shape index (κ3) is 9.62. The number of carbonyl (C=O) groups is 2. The second-order valence-electron chi connectivity index (χ2n) is 4.78. The lowest BCUT2D eigenvalue weighted by molar-refractivity contribution is -0.146. The van der Waals surface area contributed by atoms with Crippen molar-refractivity contribution in [3.8, 4) is 0 Å². The molecule has 3 N–H and O–H groups in total. The van der Waals surface area contributed by atoms with Crippen molar-refractivity contribution in [2.45, 2.75) is 51.7 Å². The molecule has 0 fully saturated rings. The number of amides is 1. The average Bonchev–Trinajstić information content (AvgIpc) is 2.13. The molecule has 6 heteroatoms. The van der Waals surface area contributed by atoms with E-state index in [1.165, 1.54) is 0 Å². The molecule has 0 bridgehead atoms. The molecule has 0 saturated carbocycles. The summed E-state index contributed by atoms with van der Waals surface area (Å²) >= 11 is 0. The molecular weight excluding hydrogens is 226 g/mol. The zero-order valence-electron chi connectivity index (χ0n) is 10.5. The molecular formula is C11H21NO5. The van der Waals surface area contributed by atoms with Crippen LogP contribution in [0.5, 0.6) is 0 Å². The third-order valence-corrected chi connectivity index (χ3v) is 1.86. The monoisotopic (exact) mass is 247 g/mol. The van der Waals surface area contributed by atoms with Crippen LogP contribution in [0.25, 0.3) is 0 Å². The number of unbranched alkanes of at least 4 members (excludes halogenated alkanes) is 1. The first-order valence-electron chi connectivity index (χ1n) is 5.60. The summed E-state index contributed by atoms with van der Waals surface area (Å²) in [5.41, 5.74) is -0.524. The second kappa shape index (κ2) is 7.11. The van der Waals surface area contributed by atoms with Crippen molar-refractivity contribution >= 4 is 12.1 Å². The first-order valence-corrected chi connectivity index (χ1v) is 5.60. The summed E-state index contributed by atoms with van der Waals surface area (Å²) in [5, 5.41) is 19.9. The highest BCUT2D eigenvalue weighted by Gasteiger charge is 2.15. The smallest absolute Gasteiger partial charge is 0.407 e. The zero-order valence-corrected chi connectivity index (χ0v) is 10.5. The van der Waals surface area contributed by atoms with E-state index in [0.717, 1.165) is 0 Å². The quantitative estimate of drug-likeness (QED) is 0.611. The number of rotatable bonds is 6. The molecule has 0 aliphatic carbocycles. The molecule has 0 aromatic carbocycles. The molecule has 100 valence electrons. The van der Waals surface area contributed by atoms with E-state index in [-0.39, 0.29) is 6.42 Å². The van der Waals surface area contributed by atoms with Crippen LogP contribution < -0.4 is 5.32 Å². The number of aliphatic hydroxyl groups excluding tert-OH is 1. The standard InChI is InChI=1S/C11H21NO5/c1-11(2,3)17-10(16)12-7-5-4-6-8(13)9(14)15/h8,13H,4-7H2,1-3H3,(H,12,16)(H,14,15). The summed E-state index contributed by atoms with van der Waals surface area (Å²) in [6.45, 7) is 5.72. The minimum atomic E-state index is -1.32. The molecule has 0 rings (SSSR count). The maximum atomic E-state index is 11.2. The van der Waals surface area contributed by atoms with Crippen LogP contribution in [0.15, 0.2) is 0 Å². The Balaban J connectivity index is 3.52. The summed E-state index contributed by atoms with van der Waals surface area (Å²) in [4.78, 5) is 21.5. The van der Waals surface area contributed by atoms with E-state index in [1.807, 2.05) is 0 Å². The first kappa shape index (κ1) is 15.7. The number of aliphatic carboxylic acids is 1. The SMILES string of the molecule is CC(C)(C)OC(=O)NCCCCC(O)C(=O)O. The van der Waals surface area contributed by atoms with Crippen molar-refractivity contribution in [3.63, 3.8) is 0 Å². The van der Waals surface area contributed by atoms with Crippen molar-refractivity contribution in [1.82, 2.24) is 5.32 Å². The van der Waals surface area contributed by atoms with Gasteiger partial charge in [0.15, 0.2) is 6.10 Å². The summed E-state index contributed by atoms with van der Waals surface area (Å²) in [6, 6.07) is 0. The maximum absolute atomic E-state index is 11.2. The van der Waals surface area contributed by atoms with Gasteiger partial charge in [-0.2, -0.15) is 0 Å². The van der Waals surface area contributed by atoms with E-state index in [0.29, 0.717) is 19.4 Å². The predicted octanol–water partition coefficient (Wildman–Crippen LogP) is 1.13. The molecule has 6 nitrogen and oxygen atoms in total. The molecule has 0 saturated heterocycles. The Bertz CT molecular complexity index is 259. The Labute approximate surface area is 101 Å². The molecule has 0 radical (unpaired) electrons. The molecule has 0 aromatic heterocycles. The zero-order chi connectivity index (χ0) is 13.5. The molecule has 0 aromatic rings. The number of nitrogens with one attached hydrogen (secondary N) is 1. The second-order valence-corrected chi connectivity index (χ2v) is 4.78. The Morgan fingerprint density at radius 2 is 1.88 bits per heavy atom. The summed E-state index contributed by atoms with van der Waals surface area (Å²) in [6.07, 6.45) is -0.495. The molecule has 1 atom stereocenters. The van der Waals surface area contributed by atoms with Crippen LogP contribution in [0, 0.1) is 0 Å². The van der Waals surface area contributed by atoms with Crippen molar-refractivity contribution in [1.29, 1.82) is 0 Å². The highest BCUT2D eigenvalue weighted by Crippen LogP contribution is 2.06. The predicted molar refractivity (Wildman–Crippen MR) is 61.7 cm³/mol. The average molecular weight is 247 g/mol. The van der Waals surface area contributed by atoms with Crippen molar-refractivity contribution in [2.75, 3.05) is 6.54 Å². The largest absolute Gasteiger partial charge is 0.479 e. The summed E-state index contributed by atoms with van der Waals surface area (Å²) < 4.78 is 5.01. The van der Waals surface area contributed by atoms with Gasteiger partial charge < -0.3 is 20.3 Å². The number of ether oxygens (including phenoxy) is 1. The topological polar surface area (TPSA) is 95.9 Å². The van der Waals surface area contributed by atoms with Gasteiger partial charge >= 0.3 is 12.1 Å². The Kier molecular flexibility index (Phi) is 6.57. The van der Waals surface area contributed by atoms with Crippen molar-refractivity contribution in [2.24, 2.45) is 0 Å². The highest BCUT2D eigenvalue weighted by atomic mass is 16.6. The van der Waals surface area contributed by atoms with Gasteiger partial charge in [-0.25, -0.2) is 9.59 Å². The number of hydrogen-bond acceptors (Lipinski definition) is 4. The number of aliphatic hydroxyl groups is 1. The van der Waals surface area contributed by atoms with Crippen LogP contribution in [0.4, 0.5) is 4.79 Å². The normalized spacial score (nSPS) is 12.9. The van der Waals surface area contributed by atoms with E-state index >= 15 is 0 Å². The third-order valence-electron chi connectivity index (χ3n) is 1.86. The lowest BCUT2D eigenvalue weighted by Gasteiger charge is -2.19. The lowest BCUT2D eigenvalue weighted by Crippen LogP contribution is -2.33. The van der Waals surface area contributed by atoms with Crippen LogP contribution in [0.2, 0.25) is 0 Å². The molecule has 0 heterocycles. The van der Waals surface area contributed by atoms with Gasteiger partial charge in [0.2, 0.25) is 0 Å². The lowest BCUT2D eigenvalue weighted by atomic mass is 10.1. The fourth-order valence-corrected chi connectivity index (χ4v) is 1.09. The van der Waals surface area contributed by atoms with Crippen LogP contribution in [-0.4, -0.2) is 40.5 Å². The van der Waals surface area contributed by atoms with Gasteiger partial charge in [-0.15, -0.1) is 0 Å². The molecule has 17 heavy (non-hydrogen) atoms. The van der Waals surface area contributed by atoms with E-state index in [2.05, 4.69) is 5.32 Å². The summed E-state index contributed by atoms with van der Waals surface area (Å²) in [7, 11) is 0. The number of alkyl carbamates (subject to hydrolysis) is 1. The number of hydrogen-bond donors (Lipinski definition) is 3. The first-order chi connectivity index (χ1) is 7.72. The van der Waals surface area contributed by atoms with Crippen LogP contribution in [-0.2, 0) is 9.53 Å². The van der Waals surface area contributed by atoms with Crippen LogP contribution >= 0.6 is 0 Å². The minimum absolute atomic E-state index is 0.186. The van der Waals surface area contributed by atoms with Gasteiger partial charge in [0, 0.05) is 6.54 Å². The van der Waals surface area contributed by atoms with Gasteiger partial charge in [-0.05, 0) is 40.0 Å². The van der Waals surface area contributed by atoms with Gasteiger partial charge in [0.1, 0.15) is 5.60 Å². The van der Waals surface area contributed by atoms with E-state index in [4.69, 9.17) is 14.9 Å². The molecule has 1 unspecified atom stereocenters. The van der Waals surface area contributed by atoms with Crippen LogP contribution in [0.1, 0.15) is 40.0 Å². The minimum Gasteiger partial charge on any atom is -0.479 e. The van der Waals surface area contributed by atoms with E-state index in [1.54, 1.807) is 20.8 Å². The molecule has 1 amide bonds. The highest BCUT2D eigenvalue weighted by molar-refractivity contribution is 5.71. The Morgan fingerprint density at radius 3 is 2.35 bits per heavy atom. The number of carbonyl (C=O) groups excluding carboxylic acids is 1. The molecule has 0 aliphatic rings. The van der Waals surface area contributed by atoms with Gasteiger partial charge in [-0.3, -0.25) is 0 Å².